The smallest absolute Gasteiger partial charge is 0.105 e. The van der Waals surface area contributed by atoms with Crippen molar-refractivity contribution in [2.24, 2.45) is 0 Å². The van der Waals surface area contributed by atoms with Crippen LogP contribution < -0.4 is 0 Å². The van der Waals surface area contributed by atoms with Crippen LogP contribution in [0, 0.1) is 6.92 Å². The lowest BCUT2D eigenvalue weighted by atomic mass is 10.1. The van der Waals surface area contributed by atoms with Crippen molar-refractivity contribution in [3.05, 3.63) is 53.6 Å². The molecular weight excluding hydrogens is 274 g/mol. The molecule has 1 aromatic carbocycles. The van der Waals surface area contributed by atoms with E-state index in [4.69, 9.17) is 0 Å². The van der Waals surface area contributed by atoms with E-state index in [-0.39, 0.29) is 6.61 Å². The van der Waals surface area contributed by atoms with Crippen molar-refractivity contribution in [1.82, 2.24) is 14.5 Å². The minimum absolute atomic E-state index is 0.225. The summed E-state index contributed by atoms with van der Waals surface area (Å²) in [6, 6.07) is 9.20. The zero-order chi connectivity index (χ0) is 15.4. The van der Waals surface area contributed by atoms with Gasteiger partial charge in [0.2, 0.25) is 0 Å². The topological polar surface area (TPSA) is 41.3 Å². The zero-order valence-corrected chi connectivity index (χ0v) is 13.3. The Morgan fingerprint density at radius 2 is 2.18 bits per heavy atom. The lowest BCUT2D eigenvalue weighted by Crippen LogP contribution is -2.32. The number of hydrogen-bond donors (Lipinski definition) is 1. The number of aromatic nitrogens is 2. The van der Waals surface area contributed by atoms with E-state index in [1.54, 1.807) is 0 Å². The van der Waals surface area contributed by atoms with Crippen molar-refractivity contribution in [3.63, 3.8) is 0 Å². The van der Waals surface area contributed by atoms with Gasteiger partial charge in [0.25, 0.3) is 0 Å². The van der Waals surface area contributed by atoms with Gasteiger partial charge in [-0.3, -0.25) is 4.90 Å². The monoisotopic (exact) mass is 299 g/mol. The number of rotatable bonds is 7. The van der Waals surface area contributed by atoms with Gasteiger partial charge >= 0.3 is 0 Å². The first-order valence-electron chi connectivity index (χ1n) is 8.20. The van der Waals surface area contributed by atoms with E-state index in [9.17, 15) is 5.11 Å². The van der Waals surface area contributed by atoms with E-state index >= 15 is 0 Å². The number of nitrogens with zero attached hydrogens (tertiary/aromatic N) is 3. The molecule has 0 radical (unpaired) electrons. The summed E-state index contributed by atoms with van der Waals surface area (Å²) < 4.78 is 2.19. The van der Waals surface area contributed by atoms with Gasteiger partial charge in [-0.05, 0) is 37.3 Å². The molecule has 1 aliphatic rings. The molecule has 1 aromatic heterocycles. The molecule has 3 rings (SSSR count). The van der Waals surface area contributed by atoms with Crippen LogP contribution in [0.4, 0.5) is 0 Å². The first-order valence-corrected chi connectivity index (χ1v) is 8.20. The molecule has 0 bridgehead atoms. The lowest BCUT2D eigenvalue weighted by molar-refractivity contribution is 0.146. The van der Waals surface area contributed by atoms with Gasteiger partial charge in [0, 0.05) is 38.1 Å². The first kappa shape index (κ1) is 15.3. The molecule has 0 saturated carbocycles. The maximum Gasteiger partial charge on any atom is 0.105 e. The zero-order valence-electron chi connectivity index (χ0n) is 13.3. The second-order valence-electron chi connectivity index (χ2n) is 6.03. The number of fused-ring (bicyclic) bond motifs is 1. The van der Waals surface area contributed by atoms with Crippen molar-refractivity contribution in [3.8, 4) is 0 Å². The standard InChI is InChI=1S/C18H25N3O/c1-15-19-9-12-20(15)10-4-11-21(13-14-22)18-8-7-16-5-2-3-6-17(16)18/h2-3,5-6,9,12,18,22H,4,7-8,10-11,13-14H2,1H3. The van der Waals surface area contributed by atoms with Gasteiger partial charge in [0.15, 0.2) is 0 Å². The Labute approximate surface area is 132 Å². The minimum Gasteiger partial charge on any atom is -0.395 e. The summed E-state index contributed by atoms with van der Waals surface area (Å²) in [4.78, 5) is 6.71. The van der Waals surface area contributed by atoms with Crippen LogP contribution in [0.1, 0.15) is 35.8 Å². The van der Waals surface area contributed by atoms with Crippen molar-refractivity contribution >= 4 is 0 Å². The average molecular weight is 299 g/mol. The van der Waals surface area contributed by atoms with Crippen molar-refractivity contribution in [2.45, 2.75) is 38.8 Å². The van der Waals surface area contributed by atoms with Gasteiger partial charge in [0.1, 0.15) is 5.82 Å². The molecule has 0 saturated heterocycles. The molecule has 22 heavy (non-hydrogen) atoms. The van der Waals surface area contributed by atoms with Crippen LogP contribution in [0.2, 0.25) is 0 Å². The SMILES string of the molecule is Cc1nccn1CCCN(CCO)C1CCc2ccccc21. The second kappa shape index (κ2) is 7.07. The molecule has 1 N–H and O–H groups in total. The Hall–Kier alpha value is -1.65. The van der Waals surface area contributed by atoms with E-state index < -0.39 is 0 Å². The van der Waals surface area contributed by atoms with Crippen molar-refractivity contribution < 1.29 is 5.11 Å². The summed E-state index contributed by atoms with van der Waals surface area (Å²) in [5.74, 6) is 1.07. The molecule has 1 aliphatic carbocycles. The van der Waals surface area contributed by atoms with Crippen LogP contribution in [-0.4, -0.2) is 39.3 Å². The fourth-order valence-electron chi connectivity index (χ4n) is 3.55. The molecule has 118 valence electrons. The van der Waals surface area contributed by atoms with Gasteiger partial charge in [-0.15, -0.1) is 0 Å². The van der Waals surface area contributed by atoms with Gasteiger partial charge in [-0.1, -0.05) is 24.3 Å². The molecule has 0 aliphatic heterocycles. The average Bonchev–Trinajstić information content (AvgIpc) is 3.13. The van der Waals surface area contributed by atoms with E-state index in [2.05, 4.69) is 38.7 Å². The van der Waals surface area contributed by atoms with E-state index in [1.165, 1.54) is 17.5 Å². The fraction of sp³-hybridized carbons (Fsp3) is 0.500. The second-order valence-corrected chi connectivity index (χ2v) is 6.03. The number of aryl methyl sites for hydroxylation is 3. The Balaban J connectivity index is 1.62. The maximum atomic E-state index is 9.42. The molecule has 4 nitrogen and oxygen atoms in total. The Morgan fingerprint density at radius 3 is 2.95 bits per heavy atom. The van der Waals surface area contributed by atoms with Crippen LogP contribution in [0.15, 0.2) is 36.7 Å². The maximum absolute atomic E-state index is 9.42. The Kier molecular flexibility index (Phi) is 4.90. The molecule has 1 heterocycles. The number of hydrogen-bond acceptors (Lipinski definition) is 3. The molecule has 2 aromatic rings. The normalized spacial score (nSPS) is 17.1. The summed E-state index contributed by atoms with van der Waals surface area (Å²) in [5, 5.41) is 9.42. The molecular formula is C18H25N3O. The van der Waals surface area contributed by atoms with Crippen molar-refractivity contribution in [1.29, 1.82) is 0 Å². The molecule has 4 heteroatoms. The van der Waals surface area contributed by atoms with Crippen LogP contribution in [0.3, 0.4) is 0 Å². The van der Waals surface area contributed by atoms with Crippen LogP contribution in [0.5, 0.6) is 0 Å². The minimum atomic E-state index is 0.225. The van der Waals surface area contributed by atoms with Crippen LogP contribution >= 0.6 is 0 Å². The lowest BCUT2D eigenvalue weighted by Gasteiger charge is -2.29. The molecule has 1 unspecified atom stereocenters. The van der Waals surface area contributed by atoms with E-state index in [0.717, 1.165) is 38.3 Å². The highest BCUT2D eigenvalue weighted by molar-refractivity contribution is 5.34. The summed E-state index contributed by atoms with van der Waals surface area (Å²) in [7, 11) is 0. The highest BCUT2D eigenvalue weighted by Crippen LogP contribution is 2.35. The number of aliphatic hydroxyl groups is 1. The number of benzene rings is 1. The van der Waals surface area contributed by atoms with Gasteiger partial charge in [-0.2, -0.15) is 0 Å². The third-order valence-corrected chi connectivity index (χ3v) is 4.70. The van der Waals surface area contributed by atoms with E-state index in [1.807, 2.05) is 19.3 Å². The van der Waals surface area contributed by atoms with E-state index in [0.29, 0.717) is 6.04 Å². The predicted octanol–water partition coefficient (Wildman–Crippen LogP) is 2.56. The van der Waals surface area contributed by atoms with Gasteiger partial charge in [-0.25, -0.2) is 4.98 Å². The molecule has 0 spiro atoms. The predicted molar refractivity (Wildman–Crippen MR) is 87.7 cm³/mol. The van der Waals surface area contributed by atoms with Gasteiger partial charge < -0.3 is 9.67 Å². The van der Waals surface area contributed by atoms with Gasteiger partial charge in [0.05, 0.1) is 6.61 Å². The largest absolute Gasteiger partial charge is 0.395 e. The number of imidazole rings is 1. The Morgan fingerprint density at radius 1 is 1.32 bits per heavy atom. The fourth-order valence-corrected chi connectivity index (χ4v) is 3.55. The quantitative estimate of drug-likeness (QED) is 0.854. The highest BCUT2D eigenvalue weighted by atomic mass is 16.3. The third-order valence-electron chi connectivity index (χ3n) is 4.70. The molecule has 0 amide bonds. The summed E-state index contributed by atoms with van der Waals surface area (Å²) in [6.45, 7) is 5.02. The van der Waals surface area contributed by atoms with Crippen molar-refractivity contribution in [2.75, 3.05) is 19.7 Å². The number of aliphatic hydroxyl groups excluding tert-OH is 1. The summed E-state index contributed by atoms with van der Waals surface area (Å²) in [5.41, 5.74) is 2.93. The van der Waals surface area contributed by atoms with Crippen LogP contribution in [0.25, 0.3) is 0 Å². The third kappa shape index (κ3) is 3.23. The highest BCUT2D eigenvalue weighted by Gasteiger charge is 2.26. The molecule has 1 atom stereocenters. The summed E-state index contributed by atoms with van der Waals surface area (Å²) >= 11 is 0. The Bertz CT molecular complexity index is 608. The first-order chi connectivity index (χ1) is 10.8. The molecule has 0 fully saturated rings. The van der Waals surface area contributed by atoms with Crippen LogP contribution in [-0.2, 0) is 13.0 Å². The summed E-state index contributed by atoms with van der Waals surface area (Å²) in [6.07, 6.45) is 7.30.